The second-order valence-corrected chi connectivity index (χ2v) is 8.76. The first-order chi connectivity index (χ1) is 15.8. The van der Waals surface area contributed by atoms with Gasteiger partial charge in [-0.05, 0) is 28.2 Å². The van der Waals surface area contributed by atoms with Crippen LogP contribution in [0.3, 0.4) is 0 Å². The van der Waals surface area contributed by atoms with Crippen molar-refractivity contribution >= 4 is 18.0 Å². The number of aliphatic carboxylic acids is 1. The van der Waals surface area contributed by atoms with Crippen molar-refractivity contribution in [1.82, 2.24) is 10.2 Å². The lowest BCUT2D eigenvalue weighted by molar-refractivity contribution is -0.156. The smallest absolute Gasteiger partial charge is 0.407 e. The van der Waals surface area contributed by atoms with Crippen molar-refractivity contribution < 1.29 is 29.0 Å². The Balaban J connectivity index is 1.34. The van der Waals surface area contributed by atoms with Gasteiger partial charge >= 0.3 is 12.1 Å². The highest BCUT2D eigenvalue weighted by atomic mass is 16.5. The molecule has 2 N–H and O–H groups in total. The minimum Gasteiger partial charge on any atom is -0.480 e. The van der Waals surface area contributed by atoms with E-state index in [1.807, 2.05) is 38.1 Å². The van der Waals surface area contributed by atoms with Crippen molar-refractivity contribution in [2.24, 2.45) is 5.92 Å². The van der Waals surface area contributed by atoms with Gasteiger partial charge in [-0.3, -0.25) is 4.79 Å². The minimum absolute atomic E-state index is 0.0566. The number of nitrogens with one attached hydrogen (secondary N) is 1. The lowest BCUT2D eigenvalue weighted by atomic mass is 9.98. The maximum Gasteiger partial charge on any atom is 0.407 e. The zero-order valence-electron chi connectivity index (χ0n) is 18.7. The Morgan fingerprint density at radius 3 is 2.15 bits per heavy atom. The number of carbonyl (C=O) groups is 3. The van der Waals surface area contributed by atoms with Crippen LogP contribution < -0.4 is 5.32 Å². The summed E-state index contributed by atoms with van der Waals surface area (Å²) >= 11 is 0. The molecule has 0 radical (unpaired) electrons. The summed E-state index contributed by atoms with van der Waals surface area (Å²) in [5.41, 5.74) is 4.54. The first-order valence-electron chi connectivity index (χ1n) is 11.1. The molecule has 1 fully saturated rings. The molecule has 0 saturated carbocycles. The van der Waals surface area contributed by atoms with Crippen LogP contribution in [0.1, 0.15) is 30.9 Å². The number of amides is 2. The van der Waals surface area contributed by atoms with E-state index in [4.69, 9.17) is 14.6 Å². The molecule has 0 spiro atoms. The quantitative estimate of drug-likeness (QED) is 0.638. The lowest BCUT2D eigenvalue weighted by Crippen LogP contribution is -2.61. The van der Waals surface area contributed by atoms with Crippen LogP contribution in [0.15, 0.2) is 48.5 Å². The van der Waals surface area contributed by atoms with E-state index >= 15 is 0 Å². The van der Waals surface area contributed by atoms with Gasteiger partial charge < -0.3 is 24.8 Å². The van der Waals surface area contributed by atoms with Crippen molar-refractivity contribution in [2.75, 3.05) is 26.3 Å². The summed E-state index contributed by atoms with van der Waals surface area (Å²) in [5, 5.41) is 11.4. The fourth-order valence-electron chi connectivity index (χ4n) is 4.39. The Bertz CT molecular complexity index is 1000. The topological polar surface area (TPSA) is 105 Å². The Labute approximate surface area is 192 Å². The average molecular weight is 453 g/mol. The maximum atomic E-state index is 12.9. The van der Waals surface area contributed by atoms with Crippen molar-refractivity contribution in [3.8, 4) is 11.1 Å². The fourth-order valence-corrected chi connectivity index (χ4v) is 4.39. The van der Waals surface area contributed by atoms with E-state index in [-0.39, 0.29) is 30.5 Å². The number of benzene rings is 2. The van der Waals surface area contributed by atoms with E-state index in [0.717, 1.165) is 22.3 Å². The molecule has 0 bridgehead atoms. The molecule has 2 aromatic carbocycles. The zero-order valence-corrected chi connectivity index (χ0v) is 18.7. The second kappa shape index (κ2) is 9.62. The number of rotatable bonds is 8. The highest BCUT2D eigenvalue weighted by molar-refractivity contribution is 5.86. The number of carbonyl (C=O) groups excluding carboxylic acids is 2. The van der Waals surface area contributed by atoms with Crippen LogP contribution >= 0.6 is 0 Å². The Morgan fingerprint density at radius 2 is 1.61 bits per heavy atom. The van der Waals surface area contributed by atoms with Crippen LogP contribution in [0, 0.1) is 5.92 Å². The predicted molar refractivity (Wildman–Crippen MR) is 121 cm³/mol. The van der Waals surface area contributed by atoms with E-state index in [1.54, 1.807) is 4.90 Å². The number of likely N-dealkylation sites (tertiary alicyclic amines) is 1. The van der Waals surface area contributed by atoms with Gasteiger partial charge in [0.05, 0.1) is 6.10 Å². The summed E-state index contributed by atoms with van der Waals surface area (Å²) in [4.78, 5) is 37.6. The van der Waals surface area contributed by atoms with E-state index in [0.29, 0.717) is 13.1 Å². The number of alkyl carbamates (subject to hydrolysis) is 1. The highest BCUT2D eigenvalue weighted by Gasteiger charge is 2.37. The molecule has 2 aliphatic rings. The van der Waals surface area contributed by atoms with Crippen LogP contribution in [-0.4, -0.2) is 66.4 Å². The molecule has 2 aromatic rings. The number of hydrogen-bond donors (Lipinski definition) is 2. The molecule has 0 aromatic heterocycles. The molecule has 0 unspecified atom stereocenters. The maximum absolute atomic E-state index is 12.9. The van der Waals surface area contributed by atoms with Gasteiger partial charge in [0.15, 0.2) is 0 Å². The fraction of sp³-hybridized carbons (Fsp3) is 0.400. The normalized spacial score (nSPS) is 16.0. The highest BCUT2D eigenvalue weighted by Crippen LogP contribution is 2.44. The van der Waals surface area contributed by atoms with Gasteiger partial charge in [-0.15, -0.1) is 0 Å². The number of carboxylic acid groups (broad SMARTS) is 1. The first kappa shape index (κ1) is 22.8. The van der Waals surface area contributed by atoms with Crippen molar-refractivity contribution in [3.05, 3.63) is 59.7 Å². The third kappa shape index (κ3) is 4.85. The van der Waals surface area contributed by atoms with Crippen LogP contribution in [0.4, 0.5) is 4.79 Å². The molecule has 1 heterocycles. The zero-order chi connectivity index (χ0) is 23.5. The first-order valence-corrected chi connectivity index (χ1v) is 11.1. The van der Waals surface area contributed by atoms with Crippen LogP contribution in [0.5, 0.6) is 0 Å². The van der Waals surface area contributed by atoms with E-state index < -0.39 is 24.7 Å². The molecule has 1 atom stereocenters. The summed E-state index contributed by atoms with van der Waals surface area (Å²) in [6, 6.07) is 15.5. The van der Waals surface area contributed by atoms with Crippen molar-refractivity contribution in [1.29, 1.82) is 0 Å². The van der Waals surface area contributed by atoms with Crippen molar-refractivity contribution in [2.45, 2.75) is 31.9 Å². The van der Waals surface area contributed by atoms with Crippen LogP contribution in [0.25, 0.3) is 11.1 Å². The molecular formula is C25H28N2O6. The summed E-state index contributed by atoms with van der Waals surface area (Å²) in [7, 11) is 0. The molecule has 2 amide bonds. The number of ether oxygens (including phenoxy) is 2. The summed E-state index contributed by atoms with van der Waals surface area (Å²) in [6.45, 7) is 4.10. The second-order valence-electron chi connectivity index (χ2n) is 8.76. The van der Waals surface area contributed by atoms with Crippen molar-refractivity contribution in [3.63, 3.8) is 0 Å². The van der Waals surface area contributed by atoms with E-state index in [9.17, 15) is 14.4 Å². The van der Waals surface area contributed by atoms with Gasteiger partial charge in [0, 0.05) is 19.0 Å². The summed E-state index contributed by atoms with van der Waals surface area (Å²) < 4.78 is 10.8. The Hall–Kier alpha value is -3.39. The molecule has 8 nitrogen and oxygen atoms in total. The molecule has 4 rings (SSSR count). The van der Waals surface area contributed by atoms with Crippen LogP contribution in [-0.2, 0) is 19.1 Å². The predicted octanol–water partition coefficient (Wildman–Crippen LogP) is 2.86. The molecule has 174 valence electrons. The number of fused-ring (bicyclic) bond motifs is 3. The van der Waals surface area contributed by atoms with Gasteiger partial charge in [-0.1, -0.05) is 62.4 Å². The van der Waals surface area contributed by atoms with E-state index in [2.05, 4.69) is 29.6 Å². The number of hydrogen-bond acceptors (Lipinski definition) is 5. The summed E-state index contributed by atoms with van der Waals surface area (Å²) in [6.07, 6.45) is -0.935. The van der Waals surface area contributed by atoms with Gasteiger partial charge in [-0.25, -0.2) is 9.59 Å². The number of carboxylic acids is 1. The molecular weight excluding hydrogens is 424 g/mol. The van der Waals surface area contributed by atoms with Gasteiger partial charge in [0.1, 0.15) is 19.3 Å². The largest absolute Gasteiger partial charge is 0.480 e. The third-order valence-electron chi connectivity index (χ3n) is 6.15. The average Bonchev–Trinajstić information content (AvgIpc) is 3.08. The van der Waals surface area contributed by atoms with E-state index in [1.165, 1.54) is 0 Å². The lowest BCUT2D eigenvalue weighted by Gasteiger charge is -2.41. The molecule has 8 heteroatoms. The van der Waals surface area contributed by atoms with Gasteiger partial charge in [0.25, 0.3) is 0 Å². The van der Waals surface area contributed by atoms with Crippen LogP contribution in [0.2, 0.25) is 0 Å². The molecule has 1 aliphatic carbocycles. The molecule has 1 aliphatic heterocycles. The standard InChI is InChI=1S/C25H28N2O6/c1-15(2)23(24(30)27-11-16(12-27)32-14-22(28)29)26-25(31)33-13-21-19-9-5-3-7-17(19)18-8-4-6-10-20(18)21/h3-10,15-16,21,23H,11-14H2,1-2H3,(H,26,31)(H,28,29)/t23-/m0/s1. The third-order valence-corrected chi connectivity index (χ3v) is 6.15. The number of nitrogens with zero attached hydrogens (tertiary/aromatic N) is 1. The SMILES string of the molecule is CC(C)[C@H](NC(=O)OCC1c2ccccc2-c2ccccc21)C(=O)N1CC(OCC(=O)O)C1. The van der Waals surface area contributed by atoms with Gasteiger partial charge in [0.2, 0.25) is 5.91 Å². The Morgan fingerprint density at radius 1 is 1.03 bits per heavy atom. The summed E-state index contributed by atoms with van der Waals surface area (Å²) in [5.74, 6) is -1.47. The molecule has 1 saturated heterocycles. The monoisotopic (exact) mass is 452 g/mol. The van der Waals surface area contributed by atoms with Gasteiger partial charge in [-0.2, -0.15) is 0 Å². The minimum atomic E-state index is -1.04. The molecule has 33 heavy (non-hydrogen) atoms. The Kier molecular flexibility index (Phi) is 6.65.